The van der Waals surface area contributed by atoms with Gasteiger partial charge in [0.2, 0.25) is 0 Å². The molecule has 0 amide bonds. The van der Waals surface area contributed by atoms with Gasteiger partial charge in [-0.1, -0.05) is 6.07 Å². The summed E-state index contributed by atoms with van der Waals surface area (Å²) in [5.74, 6) is -1.78. The number of anilines is 1. The monoisotopic (exact) mass is 436 g/mol. The maximum Gasteiger partial charge on any atom is 1.00 e. The number of hydrogen-bond donors (Lipinski definition) is 2. The molecule has 0 aliphatic rings. The van der Waals surface area contributed by atoms with Crippen molar-refractivity contribution < 1.29 is 74.8 Å². The van der Waals surface area contributed by atoms with Gasteiger partial charge in [-0.2, -0.15) is 10.2 Å². The van der Waals surface area contributed by atoms with Crippen molar-refractivity contribution >= 4 is 33.2 Å². The minimum Gasteiger partial charge on any atom is -0.545 e. The Morgan fingerprint density at radius 3 is 2.28 bits per heavy atom. The van der Waals surface area contributed by atoms with E-state index in [-0.39, 0.29) is 67.8 Å². The Morgan fingerprint density at radius 1 is 1.00 bits per heavy atom. The molecule has 2 N–H and O–H groups in total. The molecule has 0 saturated carbocycles. The number of nitrogens with one attached hydrogen (secondary N) is 1. The van der Waals surface area contributed by atoms with Crippen molar-refractivity contribution in [2.75, 3.05) is 4.72 Å². The molecule has 0 spiro atoms. The number of aromatic nitrogens is 1. The first-order chi connectivity index (χ1) is 13.3. The number of hydrogen-bond acceptors (Lipinski definition) is 8. The van der Waals surface area contributed by atoms with Gasteiger partial charge in [0, 0.05) is 11.8 Å². The summed E-state index contributed by atoms with van der Waals surface area (Å²) in [7, 11) is -3.80. The molecule has 1 heterocycles. The van der Waals surface area contributed by atoms with Gasteiger partial charge < -0.3 is 15.0 Å². The Labute approximate surface area is 209 Å². The smallest absolute Gasteiger partial charge is 0.545 e. The first kappa shape index (κ1) is 23.1. The van der Waals surface area contributed by atoms with Crippen molar-refractivity contribution in [3.8, 4) is 5.75 Å². The van der Waals surface area contributed by atoms with Gasteiger partial charge in [-0.3, -0.25) is 4.72 Å². The van der Waals surface area contributed by atoms with Gasteiger partial charge in [-0.25, -0.2) is 13.4 Å². The number of benzene rings is 2. The number of aromatic hydroxyl groups is 1. The number of sulfonamides is 1. The first-order valence-corrected chi connectivity index (χ1v) is 9.33. The summed E-state index contributed by atoms with van der Waals surface area (Å²) in [5.41, 5.74) is 0.129. The first-order valence-electron chi connectivity index (χ1n) is 7.85. The number of azo groups is 1. The van der Waals surface area contributed by atoms with Crippen LogP contribution in [0.3, 0.4) is 0 Å². The van der Waals surface area contributed by atoms with E-state index in [0.717, 1.165) is 6.07 Å². The number of nitrogens with zero attached hydrogens (tertiary/aromatic N) is 3. The number of carboxylic acids is 1. The van der Waals surface area contributed by atoms with Crippen LogP contribution in [0.1, 0.15) is 10.4 Å². The topological polar surface area (TPSA) is 144 Å². The summed E-state index contributed by atoms with van der Waals surface area (Å²) in [6, 6.07) is 14.1. The minimum absolute atomic E-state index is 0. The van der Waals surface area contributed by atoms with Crippen molar-refractivity contribution in [1.29, 1.82) is 0 Å². The van der Waals surface area contributed by atoms with Crippen LogP contribution in [0.2, 0.25) is 0 Å². The average Bonchev–Trinajstić information content (AvgIpc) is 2.68. The van der Waals surface area contributed by atoms with Gasteiger partial charge >= 0.3 is 51.4 Å². The van der Waals surface area contributed by atoms with Crippen molar-refractivity contribution in [2.24, 2.45) is 10.2 Å². The Bertz CT molecular complexity index is 1140. The van der Waals surface area contributed by atoms with Gasteiger partial charge in [-0.15, -0.1) is 0 Å². The number of aromatic carboxylic acids is 1. The van der Waals surface area contributed by atoms with E-state index in [2.05, 4.69) is 19.9 Å². The van der Waals surface area contributed by atoms with Crippen LogP contribution in [0, 0.1) is 0 Å². The van der Waals surface area contributed by atoms with E-state index in [1.165, 1.54) is 48.7 Å². The van der Waals surface area contributed by atoms with E-state index in [0.29, 0.717) is 5.69 Å². The van der Waals surface area contributed by atoms with Crippen molar-refractivity contribution in [3.05, 3.63) is 72.4 Å². The van der Waals surface area contributed by atoms with E-state index < -0.39 is 27.3 Å². The zero-order chi connectivity index (χ0) is 20.1. The molecule has 0 bridgehead atoms. The van der Waals surface area contributed by atoms with Crippen LogP contribution in [-0.4, -0.2) is 24.5 Å². The van der Waals surface area contributed by atoms with Gasteiger partial charge in [0.1, 0.15) is 11.6 Å². The number of pyridine rings is 1. The number of carbonyl (C=O) groups excluding carboxylic acids is 1. The maximum atomic E-state index is 12.3. The van der Waals surface area contributed by atoms with E-state index in [1.807, 2.05) is 0 Å². The predicted molar refractivity (Wildman–Crippen MR) is 98.1 cm³/mol. The van der Waals surface area contributed by atoms with Crippen LogP contribution < -0.4 is 61.2 Å². The third-order valence-corrected chi connectivity index (χ3v) is 4.90. The molecular weight excluding hydrogens is 423 g/mol. The van der Waals surface area contributed by atoms with Crippen LogP contribution in [-0.2, 0) is 10.0 Å². The second kappa shape index (κ2) is 10.0. The molecule has 1 aromatic heterocycles. The third kappa shape index (κ3) is 6.16. The van der Waals surface area contributed by atoms with Gasteiger partial charge in [0.05, 0.1) is 22.2 Å². The fourth-order valence-electron chi connectivity index (χ4n) is 2.18. The molecule has 0 unspecified atom stereocenters. The minimum atomic E-state index is -3.80. The van der Waals surface area contributed by atoms with Crippen LogP contribution in [0.25, 0.3) is 0 Å². The molecule has 0 saturated heterocycles. The van der Waals surface area contributed by atoms with Crippen molar-refractivity contribution in [2.45, 2.75) is 4.90 Å². The molecule has 3 aromatic rings. The fourth-order valence-corrected chi connectivity index (χ4v) is 3.19. The third-order valence-electron chi connectivity index (χ3n) is 3.53. The summed E-state index contributed by atoms with van der Waals surface area (Å²) in [6.07, 6.45) is 1.47. The van der Waals surface area contributed by atoms with Crippen molar-refractivity contribution in [3.63, 3.8) is 0 Å². The maximum absolute atomic E-state index is 12.3. The van der Waals surface area contributed by atoms with Crippen LogP contribution >= 0.6 is 0 Å². The Kier molecular flexibility index (Phi) is 8.01. The Balaban J connectivity index is 0.00000300. The zero-order valence-corrected chi connectivity index (χ0v) is 19.1. The SMILES string of the molecule is O=C([O-])c1cc(N=Nc2ccc(S(=O)(=O)Nc3ccccn3)cc2)ccc1O.[K+]. The molecule has 9 nitrogen and oxygen atoms in total. The summed E-state index contributed by atoms with van der Waals surface area (Å²) in [5, 5.41) is 28.1. The quantitative estimate of drug-likeness (QED) is 0.389. The summed E-state index contributed by atoms with van der Waals surface area (Å²) >= 11 is 0. The molecule has 29 heavy (non-hydrogen) atoms. The molecule has 0 fully saturated rings. The zero-order valence-electron chi connectivity index (χ0n) is 15.2. The standard InChI is InChI=1S/C18H14N4O5S.K/c23-16-9-6-13(11-15(16)18(24)25)21-20-12-4-7-14(8-5-12)28(26,27)22-17-3-1-2-10-19-17;/h1-11,23H,(H,19,22)(H,24,25);/q;+1/p-1. The Hall–Kier alpha value is -2.15. The molecule has 2 aromatic carbocycles. The summed E-state index contributed by atoms with van der Waals surface area (Å²) in [6.45, 7) is 0. The van der Waals surface area contributed by atoms with Gasteiger partial charge in [0.15, 0.2) is 0 Å². The Morgan fingerprint density at radius 2 is 1.66 bits per heavy atom. The van der Waals surface area contributed by atoms with Crippen LogP contribution in [0.15, 0.2) is 82.0 Å². The van der Waals surface area contributed by atoms with E-state index >= 15 is 0 Å². The molecule has 0 radical (unpaired) electrons. The number of carbonyl (C=O) groups is 1. The normalized spacial score (nSPS) is 11.0. The second-order valence-corrected chi connectivity index (χ2v) is 7.19. The number of phenols is 1. The summed E-state index contributed by atoms with van der Waals surface area (Å²) in [4.78, 5) is 14.8. The molecular formula is C18H13KN4O5S. The van der Waals surface area contributed by atoms with Crippen molar-refractivity contribution in [1.82, 2.24) is 4.98 Å². The molecule has 0 aliphatic heterocycles. The van der Waals surface area contributed by atoms with Crippen LogP contribution in [0.4, 0.5) is 17.2 Å². The van der Waals surface area contributed by atoms with Crippen LogP contribution in [0.5, 0.6) is 5.75 Å². The molecule has 0 aliphatic carbocycles. The number of rotatable bonds is 6. The number of carboxylic acid groups (broad SMARTS) is 1. The molecule has 11 heteroatoms. The second-order valence-electron chi connectivity index (χ2n) is 5.50. The molecule has 142 valence electrons. The predicted octanol–water partition coefficient (Wildman–Crippen LogP) is -0.629. The summed E-state index contributed by atoms with van der Waals surface area (Å²) < 4.78 is 27.0. The largest absolute Gasteiger partial charge is 1.00 e. The average molecular weight is 436 g/mol. The van der Waals surface area contributed by atoms with E-state index in [1.54, 1.807) is 12.1 Å². The van der Waals surface area contributed by atoms with E-state index in [9.17, 15) is 23.4 Å². The van der Waals surface area contributed by atoms with E-state index in [4.69, 9.17) is 0 Å². The fraction of sp³-hybridized carbons (Fsp3) is 0. The molecule has 3 rings (SSSR count). The van der Waals surface area contributed by atoms with Gasteiger partial charge in [-0.05, 0) is 54.6 Å². The van der Waals surface area contributed by atoms with Gasteiger partial charge in [0.25, 0.3) is 10.0 Å². The molecule has 0 atom stereocenters.